The van der Waals surface area contributed by atoms with Gasteiger partial charge in [0.15, 0.2) is 17.6 Å². The fourth-order valence-electron chi connectivity index (χ4n) is 2.61. The molecule has 1 amide bonds. The van der Waals surface area contributed by atoms with Crippen molar-refractivity contribution in [1.29, 1.82) is 0 Å². The molecule has 1 N–H and O–H groups in total. The van der Waals surface area contributed by atoms with E-state index in [0.29, 0.717) is 41.0 Å². The van der Waals surface area contributed by atoms with Crippen LogP contribution in [-0.4, -0.2) is 31.2 Å². The van der Waals surface area contributed by atoms with Gasteiger partial charge in [-0.15, -0.1) is 0 Å². The molecule has 0 saturated carbocycles. The Labute approximate surface area is 181 Å². The SMILES string of the molecule is Cc1ccc(NC(=O)C(C)OC(=O)C=Cc2cc(Cl)c3c(c2)OCCO3)c(Br)c1. The summed E-state index contributed by atoms with van der Waals surface area (Å²) in [6, 6.07) is 8.91. The molecule has 0 saturated heterocycles. The van der Waals surface area contributed by atoms with Crippen molar-refractivity contribution in [3.05, 3.63) is 57.0 Å². The first-order chi connectivity index (χ1) is 13.8. The fourth-order valence-corrected chi connectivity index (χ4v) is 3.48. The van der Waals surface area contributed by atoms with Crippen molar-refractivity contribution in [2.45, 2.75) is 20.0 Å². The average molecular weight is 481 g/mol. The number of ether oxygens (including phenoxy) is 3. The Morgan fingerprint density at radius 3 is 2.76 bits per heavy atom. The van der Waals surface area contributed by atoms with E-state index in [1.54, 1.807) is 18.2 Å². The van der Waals surface area contributed by atoms with Crippen LogP contribution in [0.3, 0.4) is 0 Å². The molecule has 0 aliphatic carbocycles. The highest BCUT2D eigenvalue weighted by Crippen LogP contribution is 2.38. The van der Waals surface area contributed by atoms with E-state index in [-0.39, 0.29) is 0 Å². The monoisotopic (exact) mass is 479 g/mol. The Morgan fingerprint density at radius 2 is 2.00 bits per heavy atom. The quantitative estimate of drug-likeness (QED) is 0.493. The van der Waals surface area contributed by atoms with Gasteiger partial charge in [0.2, 0.25) is 0 Å². The number of halogens is 2. The van der Waals surface area contributed by atoms with Gasteiger partial charge in [0.05, 0.1) is 10.7 Å². The number of carbonyl (C=O) groups excluding carboxylic acids is 2. The van der Waals surface area contributed by atoms with Gasteiger partial charge >= 0.3 is 5.97 Å². The van der Waals surface area contributed by atoms with Gasteiger partial charge < -0.3 is 19.5 Å². The summed E-state index contributed by atoms with van der Waals surface area (Å²) >= 11 is 9.57. The van der Waals surface area contributed by atoms with Gasteiger partial charge in [0.1, 0.15) is 13.2 Å². The number of aryl methyl sites for hydroxylation is 1. The minimum absolute atomic E-state index is 0.395. The molecule has 1 heterocycles. The third-order valence-corrected chi connectivity index (χ3v) is 5.01. The summed E-state index contributed by atoms with van der Waals surface area (Å²) in [5, 5.41) is 3.12. The van der Waals surface area contributed by atoms with Crippen molar-refractivity contribution in [3.8, 4) is 11.5 Å². The number of rotatable bonds is 5. The Morgan fingerprint density at radius 1 is 1.24 bits per heavy atom. The van der Waals surface area contributed by atoms with Gasteiger partial charge in [-0.05, 0) is 71.2 Å². The zero-order chi connectivity index (χ0) is 21.0. The van der Waals surface area contributed by atoms with E-state index in [4.69, 9.17) is 25.8 Å². The lowest BCUT2D eigenvalue weighted by atomic mass is 10.2. The number of benzene rings is 2. The number of carbonyl (C=O) groups is 2. The van der Waals surface area contributed by atoms with Crippen LogP contribution in [0.5, 0.6) is 11.5 Å². The fraction of sp³-hybridized carbons (Fsp3) is 0.238. The third kappa shape index (κ3) is 5.52. The highest BCUT2D eigenvalue weighted by Gasteiger charge is 2.18. The van der Waals surface area contributed by atoms with E-state index in [1.807, 2.05) is 19.1 Å². The van der Waals surface area contributed by atoms with E-state index in [9.17, 15) is 9.59 Å². The van der Waals surface area contributed by atoms with Crippen LogP contribution >= 0.6 is 27.5 Å². The van der Waals surface area contributed by atoms with Crippen LogP contribution in [0, 0.1) is 6.92 Å². The van der Waals surface area contributed by atoms with Crippen molar-refractivity contribution < 1.29 is 23.8 Å². The van der Waals surface area contributed by atoms with Gasteiger partial charge in [0, 0.05) is 10.5 Å². The predicted octanol–water partition coefficient (Wildman–Crippen LogP) is 4.77. The maximum Gasteiger partial charge on any atom is 0.331 e. The molecule has 0 radical (unpaired) electrons. The highest BCUT2D eigenvalue weighted by atomic mass is 79.9. The molecular weight excluding hydrogens is 462 g/mol. The van der Waals surface area contributed by atoms with Gasteiger partial charge in [-0.2, -0.15) is 0 Å². The Kier molecular flexibility index (Phi) is 6.82. The number of anilines is 1. The van der Waals surface area contributed by atoms with Crippen molar-refractivity contribution in [1.82, 2.24) is 0 Å². The molecule has 0 bridgehead atoms. The van der Waals surface area contributed by atoms with Crippen LogP contribution in [0.4, 0.5) is 5.69 Å². The third-order valence-electron chi connectivity index (χ3n) is 4.08. The first-order valence-corrected chi connectivity index (χ1v) is 10.1. The molecule has 6 nitrogen and oxygen atoms in total. The average Bonchev–Trinajstić information content (AvgIpc) is 2.68. The van der Waals surface area contributed by atoms with Crippen LogP contribution in [0.25, 0.3) is 6.08 Å². The van der Waals surface area contributed by atoms with Crippen LogP contribution < -0.4 is 14.8 Å². The molecule has 1 aliphatic rings. The number of fused-ring (bicyclic) bond motifs is 1. The summed E-state index contributed by atoms with van der Waals surface area (Å²) in [5.41, 5.74) is 2.31. The number of hydrogen-bond acceptors (Lipinski definition) is 5. The van der Waals surface area contributed by atoms with Crippen LogP contribution in [0.1, 0.15) is 18.1 Å². The normalized spacial score (nSPS) is 13.8. The Hall–Kier alpha value is -2.51. The Bertz CT molecular complexity index is 976. The molecule has 152 valence electrons. The lowest BCUT2D eigenvalue weighted by Crippen LogP contribution is -2.29. The molecule has 1 aliphatic heterocycles. The van der Waals surface area contributed by atoms with Crippen LogP contribution in [0.2, 0.25) is 5.02 Å². The molecule has 3 rings (SSSR count). The summed E-state index contributed by atoms with van der Waals surface area (Å²) in [6.45, 7) is 4.32. The largest absolute Gasteiger partial charge is 0.486 e. The minimum atomic E-state index is -0.968. The molecule has 2 aromatic rings. The molecule has 2 aromatic carbocycles. The van der Waals surface area contributed by atoms with E-state index in [2.05, 4.69) is 21.2 Å². The second-order valence-corrected chi connectivity index (χ2v) is 7.67. The molecule has 29 heavy (non-hydrogen) atoms. The van der Waals surface area contributed by atoms with Crippen molar-refractivity contribution in [2.24, 2.45) is 0 Å². The Balaban J connectivity index is 1.59. The topological polar surface area (TPSA) is 73.9 Å². The second kappa shape index (κ2) is 9.33. The number of hydrogen-bond donors (Lipinski definition) is 1. The predicted molar refractivity (Wildman–Crippen MR) is 115 cm³/mol. The van der Waals surface area contributed by atoms with E-state index >= 15 is 0 Å². The van der Waals surface area contributed by atoms with Gasteiger partial charge in [-0.3, -0.25) is 4.79 Å². The summed E-state index contributed by atoms with van der Waals surface area (Å²) in [5.74, 6) is -0.0706. The molecule has 8 heteroatoms. The zero-order valence-electron chi connectivity index (χ0n) is 15.8. The molecule has 0 spiro atoms. The second-order valence-electron chi connectivity index (χ2n) is 6.41. The zero-order valence-corrected chi connectivity index (χ0v) is 18.2. The molecule has 1 atom stereocenters. The lowest BCUT2D eigenvalue weighted by Gasteiger charge is -2.19. The molecule has 0 aromatic heterocycles. The highest BCUT2D eigenvalue weighted by molar-refractivity contribution is 9.10. The molecule has 1 unspecified atom stereocenters. The number of amides is 1. The smallest absolute Gasteiger partial charge is 0.331 e. The summed E-state index contributed by atoms with van der Waals surface area (Å²) in [4.78, 5) is 24.4. The first kappa shape index (κ1) is 21.2. The van der Waals surface area contributed by atoms with Crippen LogP contribution in [-0.2, 0) is 14.3 Å². The van der Waals surface area contributed by atoms with E-state index in [1.165, 1.54) is 19.1 Å². The van der Waals surface area contributed by atoms with Crippen LogP contribution in [0.15, 0.2) is 40.9 Å². The van der Waals surface area contributed by atoms with Crippen molar-refractivity contribution in [3.63, 3.8) is 0 Å². The summed E-state index contributed by atoms with van der Waals surface area (Å²) < 4.78 is 16.9. The summed E-state index contributed by atoms with van der Waals surface area (Å²) in [7, 11) is 0. The van der Waals surface area contributed by atoms with Gasteiger partial charge in [-0.1, -0.05) is 17.7 Å². The molecular formula is C21H19BrClNO5. The number of nitrogens with one attached hydrogen (secondary N) is 1. The maximum absolute atomic E-state index is 12.3. The van der Waals surface area contributed by atoms with Crippen molar-refractivity contribution in [2.75, 3.05) is 18.5 Å². The molecule has 0 fully saturated rings. The van der Waals surface area contributed by atoms with E-state index < -0.39 is 18.0 Å². The minimum Gasteiger partial charge on any atom is -0.486 e. The van der Waals surface area contributed by atoms with E-state index in [0.717, 1.165) is 10.0 Å². The van der Waals surface area contributed by atoms with Gasteiger partial charge in [0.25, 0.3) is 5.91 Å². The maximum atomic E-state index is 12.3. The lowest BCUT2D eigenvalue weighted by molar-refractivity contribution is -0.148. The standard InChI is InChI=1S/C21H19BrClNO5/c1-12-3-5-17(15(22)9-12)24-21(26)13(2)29-19(25)6-4-14-10-16(23)20-18(11-14)27-7-8-28-20/h3-6,9-11,13H,7-8H2,1-2H3,(H,24,26). The van der Waals surface area contributed by atoms with Crippen molar-refractivity contribution >= 4 is 51.2 Å². The van der Waals surface area contributed by atoms with Gasteiger partial charge in [-0.25, -0.2) is 4.79 Å². The first-order valence-electron chi connectivity index (χ1n) is 8.88. The summed E-state index contributed by atoms with van der Waals surface area (Å²) in [6.07, 6.45) is 1.80. The number of esters is 1.